The fraction of sp³-hybridized carbons (Fsp3) is 0.125. The van der Waals surface area contributed by atoms with Gasteiger partial charge in [-0.1, -0.05) is 33.6 Å². The first-order valence-electron chi connectivity index (χ1n) is 3.66. The molecule has 0 fully saturated rings. The first kappa shape index (κ1) is 9.24. The third-order valence-corrected chi connectivity index (χ3v) is 3.03. The number of imidazole rings is 1. The van der Waals surface area contributed by atoms with Gasteiger partial charge in [-0.2, -0.15) is 0 Å². The van der Waals surface area contributed by atoms with Crippen LogP contribution in [0.5, 0.6) is 0 Å². The number of hydrogen-bond donors (Lipinski definition) is 0. The summed E-state index contributed by atoms with van der Waals surface area (Å²) in [5, 5.41) is 3.37. The Balaban J connectivity index is 2.57. The van der Waals surface area contributed by atoms with Gasteiger partial charge in [-0.05, 0) is 6.08 Å². The van der Waals surface area contributed by atoms with Crippen LogP contribution < -0.4 is 0 Å². The molecule has 0 N–H and O–H groups in total. The van der Waals surface area contributed by atoms with E-state index in [1.54, 1.807) is 11.3 Å². The van der Waals surface area contributed by atoms with Gasteiger partial charge in [0.15, 0.2) is 10.1 Å². The third-order valence-electron chi connectivity index (χ3n) is 1.62. The smallest absolute Gasteiger partial charge is 0.195 e. The van der Waals surface area contributed by atoms with Crippen molar-refractivity contribution in [2.24, 2.45) is 0 Å². The standard InChI is InChI=1S/C8H6BrClN2S/c9-3-1-2-6-7(10)11-8-12(6)4-5-13-8/h1-2,4-5H,3H2/b2-1+. The van der Waals surface area contributed by atoms with Crippen LogP contribution in [0.25, 0.3) is 11.0 Å². The van der Waals surface area contributed by atoms with Crippen molar-refractivity contribution >= 4 is 49.9 Å². The molecule has 0 unspecified atom stereocenters. The van der Waals surface area contributed by atoms with Gasteiger partial charge in [0.1, 0.15) is 0 Å². The first-order chi connectivity index (χ1) is 6.33. The van der Waals surface area contributed by atoms with Crippen molar-refractivity contribution in [2.45, 2.75) is 0 Å². The van der Waals surface area contributed by atoms with Crippen LogP contribution in [0.3, 0.4) is 0 Å². The summed E-state index contributed by atoms with van der Waals surface area (Å²) in [4.78, 5) is 5.14. The highest BCUT2D eigenvalue weighted by molar-refractivity contribution is 9.09. The van der Waals surface area contributed by atoms with E-state index in [-0.39, 0.29) is 0 Å². The SMILES string of the molecule is Clc1nc2sccn2c1/C=C/CBr. The van der Waals surface area contributed by atoms with Crippen molar-refractivity contribution in [3.63, 3.8) is 0 Å². The van der Waals surface area contributed by atoms with Crippen LogP contribution in [-0.4, -0.2) is 14.7 Å². The highest BCUT2D eigenvalue weighted by Gasteiger charge is 2.07. The van der Waals surface area contributed by atoms with Crippen LogP contribution in [0.15, 0.2) is 17.7 Å². The van der Waals surface area contributed by atoms with Crippen molar-refractivity contribution < 1.29 is 0 Å². The van der Waals surface area contributed by atoms with E-state index in [9.17, 15) is 0 Å². The Labute approximate surface area is 93.0 Å². The van der Waals surface area contributed by atoms with E-state index in [4.69, 9.17) is 11.6 Å². The van der Waals surface area contributed by atoms with Gasteiger partial charge in [-0.3, -0.25) is 4.40 Å². The number of hydrogen-bond acceptors (Lipinski definition) is 2. The molecule has 0 spiro atoms. The lowest BCUT2D eigenvalue weighted by atomic mass is 10.4. The van der Waals surface area contributed by atoms with Gasteiger partial charge < -0.3 is 0 Å². The van der Waals surface area contributed by atoms with Gasteiger partial charge in [0, 0.05) is 16.9 Å². The number of rotatable bonds is 2. The van der Waals surface area contributed by atoms with Crippen LogP contribution in [-0.2, 0) is 0 Å². The van der Waals surface area contributed by atoms with Crippen molar-refractivity contribution in [1.29, 1.82) is 0 Å². The molecule has 2 nitrogen and oxygen atoms in total. The lowest BCUT2D eigenvalue weighted by molar-refractivity contribution is 1.21. The fourth-order valence-corrected chi connectivity index (χ4v) is 2.27. The Hall–Kier alpha value is -0.320. The quantitative estimate of drug-likeness (QED) is 0.769. The van der Waals surface area contributed by atoms with E-state index in [0.717, 1.165) is 16.0 Å². The molecule has 2 aromatic heterocycles. The van der Waals surface area contributed by atoms with Gasteiger partial charge in [0.2, 0.25) is 0 Å². The van der Waals surface area contributed by atoms with Crippen LogP contribution in [0, 0.1) is 0 Å². The summed E-state index contributed by atoms with van der Waals surface area (Å²) in [6.45, 7) is 0. The maximum atomic E-state index is 5.95. The number of alkyl halides is 1. The van der Waals surface area contributed by atoms with Gasteiger partial charge in [-0.15, -0.1) is 11.3 Å². The summed E-state index contributed by atoms with van der Waals surface area (Å²) in [6.07, 6.45) is 5.92. The minimum atomic E-state index is 0.559. The molecule has 0 radical (unpaired) electrons. The largest absolute Gasteiger partial charge is 0.289 e. The second-order valence-corrected chi connectivity index (χ2v) is 4.28. The minimum absolute atomic E-state index is 0.559. The molecule has 0 aromatic carbocycles. The Morgan fingerprint density at radius 2 is 2.54 bits per heavy atom. The average Bonchev–Trinajstić information content (AvgIpc) is 2.62. The molecule has 2 rings (SSSR count). The Morgan fingerprint density at radius 3 is 3.31 bits per heavy atom. The number of halogens is 2. The van der Waals surface area contributed by atoms with Crippen molar-refractivity contribution in [3.8, 4) is 0 Å². The number of nitrogens with zero attached hydrogens (tertiary/aromatic N) is 2. The molecular formula is C8H6BrClN2S. The molecular weight excluding hydrogens is 272 g/mol. The highest BCUT2D eigenvalue weighted by atomic mass is 79.9. The molecule has 0 saturated carbocycles. The maximum Gasteiger partial charge on any atom is 0.195 e. The van der Waals surface area contributed by atoms with Gasteiger partial charge in [-0.25, -0.2) is 4.98 Å². The second-order valence-electron chi connectivity index (χ2n) is 2.40. The van der Waals surface area contributed by atoms with E-state index < -0.39 is 0 Å². The van der Waals surface area contributed by atoms with Crippen LogP contribution in [0.2, 0.25) is 5.15 Å². The molecule has 2 heterocycles. The number of aromatic nitrogens is 2. The zero-order valence-corrected chi connectivity index (χ0v) is 9.73. The minimum Gasteiger partial charge on any atom is -0.289 e. The van der Waals surface area contributed by atoms with E-state index in [1.165, 1.54) is 0 Å². The first-order valence-corrected chi connectivity index (χ1v) is 6.04. The summed E-state index contributed by atoms with van der Waals surface area (Å²) >= 11 is 10.8. The normalized spacial score (nSPS) is 11.8. The zero-order chi connectivity index (χ0) is 9.26. The number of fused-ring (bicyclic) bond motifs is 1. The number of allylic oxidation sites excluding steroid dienone is 1. The van der Waals surface area contributed by atoms with Crippen molar-refractivity contribution in [2.75, 3.05) is 5.33 Å². The Kier molecular flexibility index (Phi) is 2.71. The molecule has 2 aromatic rings. The predicted molar refractivity (Wildman–Crippen MR) is 60.9 cm³/mol. The van der Waals surface area contributed by atoms with Crippen LogP contribution in [0.4, 0.5) is 0 Å². The lowest BCUT2D eigenvalue weighted by Gasteiger charge is -1.89. The summed E-state index contributed by atoms with van der Waals surface area (Å²) < 4.78 is 1.98. The summed E-state index contributed by atoms with van der Waals surface area (Å²) in [6, 6.07) is 0. The summed E-state index contributed by atoms with van der Waals surface area (Å²) in [5.41, 5.74) is 0.942. The average molecular weight is 278 g/mol. The molecule has 13 heavy (non-hydrogen) atoms. The molecule has 0 aliphatic heterocycles. The topological polar surface area (TPSA) is 17.3 Å². The van der Waals surface area contributed by atoms with Crippen molar-refractivity contribution in [3.05, 3.63) is 28.5 Å². The van der Waals surface area contributed by atoms with Gasteiger partial charge in [0.25, 0.3) is 0 Å². The predicted octanol–water partition coefficient (Wildman–Crippen LogP) is 3.46. The van der Waals surface area contributed by atoms with Gasteiger partial charge in [0.05, 0.1) is 5.69 Å². The fourth-order valence-electron chi connectivity index (χ4n) is 1.08. The molecule has 0 bridgehead atoms. The van der Waals surface area contributed by atoms with Crippen molar-refractivity contribution in [1.82, 2.24) is 9.38 Å². The Morgan fingerprint density at radius 1 is 1.69 bits per heavy atom. The molecule has 0 atom stereocenters. The molecule has 0 aliphatic carbocycles. The zero-order valence-electron chi connectivity index (χ0n) is 6.58. The highest BCUT2D eigenvalue weighted by Crippen LogP contribution is 2.22. The van der Waals surface area contributed by atoms with Gasteiger partial charge >= 0.3 is 0 Å². The lowest BCUT2D eigenvalue weighted by Crippen LogP contribution is -1.80. The maximum absolute atomic E-state index is 5.95. The van der Waals surface area contributed by atoms with Crippen LogP contribution >= 0.6 is 38.9 Å². The van der Waals surface area contributed by atoms with E-state index in [1.807, 2.05) is 28.1 Å². The molecule has 0 saturated heterocycles. The van der Waals surface area contributed by atoms with E-state index in [2.05, 4.69) is 20.9 Å². The molecule has 5 heteroatoms. The molecule has 68 valence electrons. The summed E-state index contributed by atoms with van der Waals surface area (Å²) in [7, 11) is 0. The second kappa shape index (κ2) is 3.82. The third kappa shape index (κ3) is 1.66. The molecule has 0 amide bonds. The summed E-state index contributed by atoms with van der Waals surface area (Å²) in [5.74, 6) is 0. The Bertz CT molecular complexity index is 446. The van der Waals surface area contributed by atoms with E-state index in [0.29, 0.717) is 5.15 Å². The van der Waals surface area contributed by atoms with E-state index >= 15 is 0 Å². The molecule has 0 aliphatic rings. The van der Waals surface area contributed by atoms with Crippen LogP contribution in [0.1, 0.15) is 5.69 Å². The monoisotopic (exact) mass is 276 g/mol. The number of thiazole rings is 1.